The Balaban J connectivity index is 1.49. The highest BCUT2D eigenvalue weighted by Gasteiger charge is 2.25. The van der Waals surface area contributed by atoms with Crippen LogP contribution in [0.3, 0.4) is 0 Å². The van der Waals surface area contributed by atoms with Crippen molar-refractivity contribution in [3.05, 3.63) is 59.7 Å². The number of carbonyl (C=O) groups excluding carboxylic acids is 3. The van der Waals surface area contributed by atoms with E-state index in [-0.39, 0.29) is 18.4 Å². The minimum atomic E-state index is -0.781. The van der Waals surface area contributed by atoms with Crippen LogP contribution in [-0.2, 0) is 16.0 Å². The summed E-state index contributed by atoms with van der Waals surface area (Å²) in [5, 5.41) is 0. The molecule has 2 aromatic carbocycles. The van der Waals surface area contributed by atoms with Crippen molar-refractivity contribution in [2.24, 2.45) is 0 Å². The molecule has 1 fully saturated rings. The van der Waals surface area contributed by atoms with Crippen LogP contribution in [0.15, 0.2) is 48.5 Å². The topological polar surface area (TPSA) is 85.4 Å². The highest BCUT2D eigenvalue weighted by atomic mass is 16.7. The van der Waals surface area contributed by atoms with Gasteiger partial charge in [0.05, 0.1) is 20.1 Å². The lowest BCUT2D eigenvalue weighted by molar-refractivity contribution is -0.131. The van der Waals surface area contributed by atoms with Gasteiger partial charge < -0.3 is 24.0 Å². The first-order chi connectivity index (χ1) is 15.0. The number of ether oxygens (including phenoxy) is 3. The molecular weight excluding hydrogens is 400 g/mol. The molecule has 8 nitrogen and oxygen atoms in total. The fourth-order valence-electron chi connectivity index (χ4n) is 3.28. The van der Waals surface area contributed by atoms with Gasteiger partial charge in [0, 0.05) is 31.7 Å². The summed E-state index contributed by atoms with van der Waals surface area (Å²) in [6.07, 6.45) is -0.461. The third-order valence-corrected chi connectivity index (χ3v) is 5.00. The van der Waals surface area contributed by atoms with E-state index in [0.717, 1.165) is 11.3 Å². The van der Waals surface area contributed by atoms with Gasteiger partial charge in [0.15, 0.2) is 0 Å². The molecule has 1 saturated heterocycles. The smallest absolute Gasteiger partial charge is 0.497 e. The third kappa shape index (κ3) is 5.97. The fourth-order valence-corrected chi connectivity index (χ4v) is 3.28. The Morgan fingerprint density at radius 3 is 2.00 bits per heavy atom. The van der Waals surface area contributed by atoms with Gasteiger partial charge in [0.1, 0.15) is 11.5 Å². The number of hydrogen-bond donors (Lipinski definition) is 0. The molecule has 8 heteroatoms. The highest BCUT2D eigenvalue weighted by molar-refractivity contribution is 5.94. The zero-order valence-electron chi connectivity index (χ0n) is 17.7. The maximum Gasteiger partial charge on any atom is 0.513 e. The third-order valence-electron chi connectivity index (χ3n) is 5.00. The van der Waals surface area contributed by atoms with Crippen molar-refractivity contribution in [1.82, 2.24) is 9.80 Å². The Kier molecular flexibility index (Phi) is 7.48. The van der Waals surface area contributed by atoms with Crippen LogP contribution in [-0.4, -0.2) is 67.7 Å². The number of amides is 2. The molecule has 0 unspecified atom stereocenters. The standard InChI is InChI=1S/C23H26N2O6/c1-3-30-23(28)31-20-10-6-18(7-11-20)22(27)25-14-12-24(13-15-25)21(26)16-17-4-8-19(29-2)9-5-17/h4-11H,3,12-16H2,1-2H3. The van der Waals surface area contributed by atoms with Crippen LogP contribution in [0.2, 0.25) is 0 Å². The van der Waals surface area contributed by atoms with E-state index in [0.29, 0.717) is 43.9 Å². The maximum absolute atomic E-state index is 12.7. The van der Waals surface area contributed by atoms with E-state index in [4.69, 9.17) is 14.2 Å². The molecule has 0 radical (unpaired) electrons. The molecule has 0 bridgehead atoms. The molecular formula is C23H26N2O6. The molecule has 3 rings (SSSR count). The lowest BCUT2D eigenvalue weighted by Crippen LogP contribution is -2.51. The number of rotatable bonds is 6. The van der Waals surface area contributed by atoms with Crippen LogP contribution in [0.1, 0.15) is 22.8 Å². The van der Waals surface area contributed by atoms with Crippen molar-refractivity contribution in [2.45, 2.75) is 13.3 Å². The zero-order chi connectivity index (χ0) is 22.2. The first-order valence-electron chi connectivity index (χ1n) is 10.1. The highest BCUT2D eigenvalue weighted by Crippen LogP contribution is 2.17. The van der Waals surface area contributed by atoms with Gasteiger partial charge in [-0.2, -0.15) is 0 Å². The molecule has 0 aliphatic carbocycles. The van der Waals surface area contributed by atoms with Crippen LogP contribution in [0.4, 0.5) is 4.79 Å². The normalized spacial score (nSPS) is 13.5. The Morgan fingerprint density at radius 2 is 1.42 bits per heavy atom. The quantitative estimate of drug-likeness (QED) is 0.522. The van der Waals surface area contributed by atoms with Gasteiger partial charge in [-0.3, -0.25) is 9.59 Å². The molecule has 164 valence electrons. The van der Waals surface area contributed by atoms with Crippen LogP contribution in [0.25, 0.3) is 0 Å². The summed E-state index contributed by atoms with van der Waals surface area (Å²) in [4.78, 5) is 40.2. The summed E-state index contributed by atoms with van der Waals surface area (Å²) in [5.74, 6) is 0.982. The molecule has 1 aliphatic heterocycles. The van der Waals surface area contributed by atoms with Crippen molar-refractivity contribution in [3.8, 4) is 11.5 Å². The lowest BCUT2D eigenvalue weighted by Gasteiger charge is -2.35. The average Bonchev–Trinajstić information content (AvgIpc) is 2.80. The molecule has 31 heavy (non-hydrogen) atoms. The first-order valence-corrected chi connectivity index (χ1v) is 10.1. The summed E-state index contributed by atoms with van der Waals surface area (Å²) in [5.41, 5.74) is 1.42. The van der Waals surface area contributed by atoms with Crippen LogP contribution in [0, 0.1) is 0 Å². The molecule has 2 aromatic rings. The summed E-state index contributed by atoms with van der Waals surface area (Å²) in [7, 11) is 1.60. The van der Waals surface area contributed by atoms with Crippen LogP contribution in [0.5, 0.6) is 11.5 Å². The summed E-state index contributed by atoms with van der Waals surface area (Å²) >= 11 is 0. The minimum Gasteiger partial charge on any atom is -0.497 e. The van der Waals surface area contributed by atoms with Crippen molar-refractivity contribution in [1.29, 1.82) is 0 Å². The fraction of sp³-hybridized carbons (Fsp3) is 0.348. The van der Waals surface area contributed by atoms with Gasteiger partial charge in [-0.25, -0.2) is 4.79 Å². The second-order valence-electron chi connectivity index (χ2n) is 7.01. The molecule has 0 aromatic heterocycles. The Bertz CT molecular complexity index is 903. The van der Waals surface area contributed by atoms with Gasteiger partial charge in [0.2, 0.25) is 5.91 Å². The number of methoxy groups -OCH3 is 1. The summed E-state index contributed by atoms with van der Waals surface area (Å²) in [6.45, 7) is 3.83. The van der Waals surface area contributed by atoms with Crippen molar-refractivity contribution in [2.75, 3.05) is 39.9 Å². The maximum atomic E-state index is 12.7. The average molecular weight is 426 g/mol. The molecule has 0 atom stereocenters. The van der Waals surface area contributed by atoms with Crippen LogP contribution >= 0.6 is 0 Å². The molecule has 0 N–H and O–H groups in total. The van der Waals surface area contributed by atoms with Crippen molar-refractivity contribution in [3.63, 3.8) is 0 Å². The zero-order valence-corrected chi connectivity index (χ0v) is 17.7. The summed E-state index contributed by atoms with van der Waals surface area (Å²) in [6, 6.07) is 13.8. The molecule has 0 saturated carbocycles. The van der Waals surface area contributed by atoms with E-state index in [9.17, 15) is 14.4 Å². The van der Waals surface area contributed by atoms with Crippen molar-refractivity contribution >= 4 is 18.0 Å². The SMILES string of the molecule is CCOC(=O)Oc1ccc(C(=O)N2CCN(C(=O)Cc3ccc(OC)cc3)CC2)cc1. The van der Waals surface area contributed by atoms with E-state index in [1.54, 1.807) is 48.1 Å². The number of carbonyl (C=O) groups is 3. The Morgan fingerprint density at radius 1 is 0.839 bits per heavy atom. The largest absolute Gasteiger partial charge is 0.513 e. The lowest BCUT2D eigenvalue weighted by atomic mass is 10.1. The van der Waals surface area contributed by atoms with Gasteiger partial charge in [-0.15, -0.1) is 0 Å². The van der Waals surface area contributed by atoms with Gasteiger partial charge in [-0.05, 0) is 48.9 Å². The monoisotopic (exact) mass is 426 g/mol. The van der Waals surface area contributed by atoms with E-state index in [1.165, 1.54) is 0 Å². The van der Waals surface area contributed by atoms with Gasteiger partial charge >= 0.3 is 6.16 Å². The second-order valence-corrected chi connectivity index (χ2v) is 7.01. The molecule has 1 heterocycles. The van der Waals surface area contributed by atoms with Crippen LogP contribution < -0.4 is 9.47 Å². The number of benzene rings is 2. The van der Waals surface area contributed by atoms with E-state index in [1.807, 2.05) is 24.3 Å². The first kappa shape index (κ1) is 22.1. The predicted molar refractivity (Wildman–Crippen MR) is 113 cm³/mol. The van der Waals surface area contributed by atoms with E-state index >= 15 is 0 Å². The van der Waals surface area contributed by atoms with E-state index < -0.39 is 6.16 Å². The molecule has 2 amide bonds. The number of piperazine rings is 1. The number of hydrogen-bond acceptors (Lipinski definition) is 6. The van der Waals surface area contributed by atoms with E-state index in [2.05, 4.69) is 0 Å². The van der Waals surface area contributed by atoms with Gasteiger partial charge in [0.25, 0.3) is 5.91 Å². The Labute approximate surface area is 181 Å². The van der Waals surface area contributed by atoms with Gasteiger partial charge in [-0.1, -0.05) is 12.1 Å². The second kappa shape index (κ2) is 10.5. The predicted octanol–water partition coefficient (Wildman–Crippen LogP) is 2.76. The molecule has 1 aliphatic rings. The Hall–Kier alpha value is -3.55. The summed E-state index contributed by atoms with van der Waals surface area (Å²) < 4.78 is 14.9. The number of nitrogens with zero attached hydrogens (tertiary/aromatic N) is 2. The minimum absolute atomic E-state index is 0.0396. The molecule has 0 spiro atoms. The van der Waals surface area contributed by atoms with Crippen molar-refractivity contribution < 1.29 is 28.6 Å².